The molecule has 0 bridgehead atoms. The lowest BCUT2D eigenvalue weighted by molar-refractivity contribution is -0.0336. The summed E-state index contributed by atoms with van der Waals surface area (Å²) in [4.78, 5) is 8.28. The first kappa shape index (κ1) is 21.4. The molecule has 1 fully saturated rings. The number of aliphatic imine (C=N–C) groups is 1. The molecular weight excluding hydrogens is 446 g/mol. The molecule has 0 saturated carbocycles. The zero-order valence-electron chi connectivity index (χ0n) is 14.2. The second-order valence-electron chi connectivity index (χ2n) is 5.92. The van der Waals surface area contributed by atoms with E-state index in [2.05, 4.69) is 9.89 Å². The van der Waals surface area contributed by atoms with E-state index >= 15 is 0 Å². The molecule has 1 aromatic carbocycles. The Balaban J connectivity index is 0.00000288. The lowest BCUT2D eigenvalue weighted by Crippen LogP contribution is -2.44. The van der Waals surface area contributed by atoms with Crippen LogP contribution in [0.2, 0.25) is 5.02 Å². The number of guanidine groups is 1. The van der Waals surface area contributed by atoms with Gasteiger partial charge in [0.05, 0.1) is 25.3 Å². The van der Waals surface area contributed by atoms with E-state index in [1.54, 1.807) is 17.0 Å². The molecule has 0 amide bonds. The molecule has 2 N–H and O–H groups in total. The van der Waals surface area contributed by atoms with E-state index in [-0.39, 0.29) is 41.9 Å². The molecule has 1 saturated heterocycles. The molecule has 1 aliphatic rings. The number of ether oxygens (including phenoxy) is 1. The number of benzene rings is 1. The van der Waals surface area contributed by atoms with Crippen molar-refractivity contribution in [2.75, 3.05) is 40.3 Å². The third-order valence-electron chi connectivity index (χ3n) is 3.93. The summed E-state index contributed by atoms with van der Waals surface area (Å²) in [6, 6.07) is 4.47. The maximum absolute atomic E-state index is 14.4. The predicted octanol–water partition coefficient (Wildman–Crippen LogP) is 2.74. The zero-order chi connectivity index (χ0) is 17.0. The van der Waals surface area contributed by atoms with Crippen molar-refractivity contribution >= 4 is 41.5 Å². The summed E-state index contributed by atoms with van der Waals surface area (Å²) in [5.74, 6) is 0.0871. The first-order valence-corrected chi connectivity index (χ1v) is 8.04. The van der Waals surface area contributed by atoms with Crippen LogP contribution in [0.4, 0.5) is 4.39 Å². The molecule has 2 unspecified atom stereocenters. The van der Waals surface area contributed by atoms with Gasteiger partial charge < -0.3 is 15.4 Å². The van der Waals surface area contributed by atoms with Gasteiger partial charge in [-0.2, -0.15) is 0 Å². The fourth-order valence-corrected chi connectivity index (χ4v) is 2.96. The quantitative estimate of drug-likeness (QED) is 0.418. The van der Waals surface area contributed by atoms with Crippen molar-refractivity contribution in [2.45, 2.75) is 19.1 Å². The topological polar surface area (TPSA) is 54.1 Å². The molecule has 1 aromatic rings. The van der Waals surface area contributed by atoms with Crippen molar-refractivity contribution in [1.82, 2.24) is 9.80 Å². The minimum absolute atomic E-state index is 0. The molecule has 0 aromatic heterocycles. The molecule has 0 aliphatic carbocycles. The van der Waals surface area contributed by atoms with Crippen molar-refractivity contribution in [2.24, 2.45) is 10.7 Å². The Labute approximate surface area is 165 Å². The van der Waals surface area contributed by atoms with E-state index in [1.807, 2.05) is 21.0 Å². The highest BCUT2D eigenvalue weighted by atomic mass is 127. The molecule has 8 heteroatoms. The summed E-state index contributed by atoms with van der Waals surface area (Å²) in [5.41, 5.74) is 6.35. The molecule has 24 heavy (non-hydrogen) atoms. The second kappa shape index (κ2) is 9.74. The third-order valence-corrected chi connectivity index (χ3v) is 4.26. The van der Waals surface area contributed by atoms with Gasteiger partial charge in [0, 0.05) is 37.8 Å². The number of hydrogen-bond donors (Lipinski definition) is 1. The molecule has 5 nitrogen and oxygen atoms in total. The molecule has 2 rings (SSSR count). The summed E-state index contributed by atoms with van der Waals surface area (Å²) in [6.45, 7) is 4.36. The van der Waals surface area contributed by atoms with Crippen LogP contribution in [0, 0.1) is 5.82 Å². The van der Waals surface area contributed by atoms with E-state index in [0.717, 1.165) is 0 Å². The van der Waals surface area contributed by atoms with Gasteiger partial charge >= 0.3 is 0 Å². The van der Waals surface area contributed by atoms with Gasteiger partial charge in [-0.3, -0.25) is 9.89 Å². The highest BCUT2D eigenvalue weighted by Crippen LogP contribution is 2.31. The first-order valence-electron chi connectivity index (χ1n) is 7.67. The van der Waals surface area contributed by atoms with Crippen LogP contribution in [-0.4, -0.2) is 62.2 Å². The zero-order valence-corrected chi connectivity index (χ0v) is 17.3. The SMILES string of the molecule is CC1CN(C(CN=C(N)N(C)C)c2c(F)cccc2Cl)CCO1.I. The normalized spacial score (nSPS) is 20.4. The summed E-state index contributed by atoms with van der Waals surface area (Å²) in [6.07, 6.45) is 0.0898. The van der Waals surface area contributed by atoms with Crippen LogP contribution in [0.25, 0.3) is 0 Å². The predicted molar refractivity (Wildman–Crippen MR) is 107 cm³/mol. The van der Waals surface area contributed by atoms with Crippen molar-refractivity contribution in [1.29, 1.82) is 0 Å². The Hall–Kier alpha value is -0.640. The van der Waals surface area contributed by atoms with Gasteiger partial charge in [-0.1, -0.05) is 17.7 Å². The Kier molecular flexibility index (Phi) is 8.69. The smallest absolute Gasteiger partial charge is 0.190 e. The van der Waals surface area contributed by atoms with Crippen LogP contribution in [0.5, 0.6) is 0 Å². The number of rotatable bonds is 4. The summed E-state index contributed by atoms with van der Waals surface area (Å²) < 4.78 is 20.0. The Bertz CT molecular complexity index is 553. The number of nitrogens with zero attached hydrogens (tertiary/aromatic N) is 3. The first-order chi connectivity index (χ1) is 10.9. The number of hydrogen-bond acceptors (Lipinski definition) is 3. The van der Waals surface area contributed by atoms with Crippen molar-refractivity contribution < 1.29 is 9.13 Å². The average Bonchev–Trinajstić information content (AvgIpc) is 2.49. The van der Waals surface area contributed by atoms with Gasteiger partial charge in [0.25, 0.3) is 0 Å². The maximum Gasteiger partial charge on any atom is 0.190 e. The van der Waals surface area contributed by atoms with Crippen LogP contribution >= 0.6 is 35.6 Å². The minimum atomic E-state index is -0.319. The van der Waals surface area contributed by atoms with Crippen molar-refractivity contribution in [3.63, 3.8) is 0 Å². The van der Waals surface area contributed by atoms with Gasteiger partial charge in [-0.15, -0.1) is 24.0 Å². The third kappa shape index (κ3) is 5.44. The summed E-state index contributed by atoms with van der Waals surface area (Å²) >= 11 is 6.27. The molecule has 0 spiro atoms. The fourth-order valence-electron chi connectivity index (χ4n) is 2.67. The van der Waals surface area contributed by atoms with E-state index < -0.39 is 0 Å². The second-order valence-corrected chi connectivity index (χ2v) is 6.33. The number of nitrogens with two attached hydrogens (primary N) is 1. The Morgan fingerprint density at radius 1 is 1.54 bits per heavy atom. The van der Waals surface area contributed by atoms with Gasteiger partial charge in [-0.05, 0) is 19.1 Å². The lowest BCUT2D eigenvalue weighted by Gasteiger charge is -2.37. The van der Waals surface area contributed by atoms with Gasteiger partial charge in [-0.25, -0.2) is 4.39 Å². The van der Waals surface area contributed by atoms with E-state index in [0.29, 0.717) is 42.8 Å². The average molecular weight is 471 g/mol. The molecular formula is C16H25ClFIN4O. The Morgan fingerprint density at radius 3 is 2.83 bits per heavy atom. The maximum atomic E-state index is 14.4. The molecule has 2 atom stereocenters. The van der Waals surface area contributed by atoms with E-state index in [9.17, 15) is 4.39 Å². The largest absolute Gasteiger partial charge is 0.376 e. The number of morpholine rings is 1. The van der Waals surface area contributed by atoms with Gasteiger partial charge in [0.15, 0.2) is 5.96 Å². The van der Waals surface area contributed by atoms with Crippen LogP contribution < -0.4 is 5.73 Å². The molecule has 0 radical (unpaired) electrons. The van der Waals surface area contributed by atoms with Crippen molar-refractivity contribution in [3.8, 4) is 0 Å². The molecule has 1 aliphatic heterocycles. The van der Waals surface area contributed by atoms with Crippen LogP contribution in [0.15, 0.2) is 23.2 Å². The summed E-state index contributed by atoms with van der Waals surface area (Å²) in [5, 5.41) is 0.410. The monoisotopic (exact) mass is 470 g/mol. The van der Waals surface area contributed by atoms with E-state index in [4.69, 9.17) is 22.1 Å². The fraction of sp³-hybridized carbons (Fsp3) is 0.562. The molecule has 1 heterocycles. The van der Waals surface area contributed by atoms with Crippen molar-refractivity contribution in [3.05, 3.63) is 34.6 Å². The standard InChI is InChI=1S/C16H24ClFN4O.HI/c1-11-10-22(7-8-23-11)14(9-20-16(19)21(2)3)15-12(17)5-4-6-13(15)18;/h4-6,11,14H,7-10H2,1-3H3,(H2,19,20);1H. The highest BCUT2D eigenvalue weighted by Gasteiger charge is 2.29. The van der Waals surface area contributed by atoms with E-state index in [1.165, 1.54) is 6.07 Å². The Morgan fingerprint density at radius 2 is 2.25 bits per heavy atom. The minimum Gasteiger partial charge on any atom is -0.376 e. The highest BCUT2D eigenvalue weighted by molar-refractivity contribution is 14.0. The van der Waals surface area contributed by atoms with Crippen LogP contribution in [0.1, 0.15) is 18.5 Å². The van der Waals surface area contributed by atoms with Crippen LogP contribution in [-0.2, 0) is 4.74 Å². The lowest BCUT2D eigenvalue weighted by atomic mass is 10.0. The van der Waals surface area contributed by atoms with Gasteiger partial charge in [0.2, 0.25) is 0 Å². The van der Waals surface area contributed by atoms with Gasteiger partial charge in [0.1, 0.15) is 5.82 Å². The molecule has 136 valence electrons. The number of halogens is 3. The van der Waals surface area contributed by atoms with Crippen LogP contribution in [0.3, 0.4) is 0 Å². The summed E-state index contributed by atoms with van der Waals surface area (Å²) in [7, 11) is 3.64.